The Morgan fingerprint density at radius 1 is 1.48 bits per heavy atom. The highest BCUT2D eigenvalue weighted by Gasteiger charge is 2.32. The predicted octanol–water partition coefficient (Wildman–Crippen LogP) is 2.60. The fraction of sp³-hybridized carbons (Fsp3) is 0.500. The molecular weight excluding hydrogens is 290 g/mol. The van der Waals surface area contributed by atoms with Gasteiger partial charge in [0.05, 0.1) is 4.92 Å². The van der Waals surface area contributed by atoms with Crippen molar-refractivity contribution in [2.24, 2.45) is 0 Å². The standard InChI is InChI=1S/C14H19N3O3S/c1-9-10(2)21-7-6-16(9)14(18)12-8-11(15-3)4-5-13(12)17(19)20/h4-5,8-10,15H,6-7H2,1-3H3. The number of carbonyl (C=O) groups excluding carboxylic acids is 1. The van der Waals surface area contributed by atoms with Gasteiger partial charge in [-0.05, 0) is 19.1 Å². The Labute approximate surface area is 128 Å². The minimum Gasteiger partial charge on any atom is -0.388 e. The molecule has 7 heteroatoms. The molecule has 1 fully saturated rings. The number of hydrogen-bond donors (Lipinski definition) is 1. The third kappa shape index (κ3) is 3.12. The maximum Gasteiger partial charge on any atom is 0.282 e. The highest BCUT2D eigenvalue weighted by Crippen LogP contribution is 2.29. The Hall–Kier alpha value is -1.76. The minimum atomic E-state index is -0.501. The zero-order chi connectivity index (χ0) is 15.6. The van der Waals surface area contributed by atoms with Gasteiger partial charge in [-0.2, -0.15) is 11.8 Å². The van der Waals surface area contributed by atoms with Crippen molar-refractivity contribution in [2.75, 3.05) is 24.7 Å². The van der Waals surface area contributed by atoms with Crippen molar-refractivity contribution < 1.29 is 9.72 Å². The number of amides is 1. The van der Waals surface area contributed by atoms with E-state index >= 15 is 0 Å². The molecule has 21 heavy (non-hydrogen) atoms. The van der Waals surface area contributed by atoms with Gasteiger partial charge >= 0.3 is 0 Å². The zero-order valence-electron chi connectivity index (χ0n) is 12.3. The molecule has 2 atom stereocenters. The Kier molecular flexibility index (Phi) is 4.72. The molecule has 0 bridgehead atoms. The number of benzene rings is 1. The van der Waals surface area contributed by atoms with E-state index < -0.39 is 4.92 Å². The number of hydrogen-bond acceptors (Lipinski definition) is 5. The summed E-state index contributed by atoms with van der Waals surface area (Å²) in [6, 6.07) is 4.60. The van der Waals surface area contributed by atoms with Crippen molar-refractivity contribution >= 4 is 29.0 Å². The summed E-state index contributed by atoms with van der Waals surface area (Å²) in [6.07, 6.45) is 0. The van der Waals surface area contributed by atoms with Crippen molar-refractivity contribution in [1.82, 2.24) is 4.90 Å². The van der Waals surface area contributed by atoms with E-state index in [2.05, 4.69) is 12.2 Å². The van der Waals surface area contributed by atoms with Gasteiger partial charge in [0.2, 0.25) is 0 Å². The van der Waals surface area contributed by atoms with E-state index in [1.807, 2.05) is 18.7 Å². The van der Waals surface area contributed by atoms with Crippen LogP contribution in [0.15, 0.2) is 18.2 Å². The van der Waals surface area contributed by atoms with Crippen molar-refractivity contribution in [3.8, 4) is 0 Å². The number of nitro groups is 1. The van der Waals surface area contributed by atoms with Crippen LogP contribution < -0.4 is 5.32 Å². The number of carbonyl (C=O) groups is 1. The molecule has 0 radical (unpaired) electrons. The van der Waals surface area contributed by atoms with E-state index in [1.165, 1.54) is 6.07 Å². The lowest BCUT2D eigenvalue weighted by atomic mass is 10.1. The molecule has 0 aromatic heterocycles. The fourth-order valence-electron chi connectivity index (χ4n) is 2.40. The van der Waals surface area contributed by atoms with Crippen LogP contribution in [0.2, 0.25) is 0 Å². The summed E-state index contributed by atoms with van der Waals surface area (Å²) in [5, 5.41) is 14.4. The quantitative estimate of drug-likeness (QED) is 0.686. The lowest BCUT2D eigenvalue weighted by Crippen LogP contribution is -2.48. The largest absolute Gasteiger partial charge is 0.388 e. The first-order valence-corrected chi connectivity index (χ1v) is 7.89. The number of nitrogens with zero attached hydrogens (tertiary/aromatic N) is 2. The van der Waals surface area contributed by atoms with E-state index in [1.54, 1.807) is 24.1 Å². The number of nitrogens with one attached hydrogen (secondary N) is 1. The Balaban J connectivity index is 2.39. The van der Waals surface area contributed by atoms with Gasteiger partial charge in [-0.3, -0.25) is 14.9 Å². The number of nitro benzene ring substituents is 1. The van der Waals surface area contributed by atoms with Crippen molar-refractivity contribution in [3.05, 3.63) is 33.9 Å². The second kappa shape index (κ2) is 6.34. The number of anilines is 1. The number of thioether (sulfide) groups is 1. The van der Waals surface area contributed by atoms with Crippen LogP contribution in [0.25, 0.3) is 0 Å². The molecule has 1 aromatic carbocycles. The van der Waals surface area contributed by atoms with Gasteiger partial charge in [-0.25, -0.2) is 0 Å². The molecule has 1 amide bonds. The minimum absolute atomic E-state index is 0.0640. The van der Waals surface area contributed by atoms with Crippen molar-refractivity contribution in [1.29, 1.82) is 0 Å². The first-order chi connectivity index (χ1) is 9.95. The van der Waals surface area contributed by atoms with Gasteiger partial charge in [0, 0.05) is 42.4 Å². The van der Waals surface area contributed by atoms with E-state index in [-0.39, 0.29) is 23.2 Å². The third-order valence-corrected chi connectivity index (χ3v) is 5.20. The topological polar surface area (TPSA) is 75.5 Å². The normalized spacial score (nSPS) is 22.0. The molecule has 1 aliphatic rings. The molecule has 1 aromatic rings. The summed E-state index contributed by atoms with van der Waals surface area (Å²) in [5.74, 6) is 0.593. The molecule has 1 saturated heterocycles. The summed E-state index contributed by atoms with van der Waals surface area (Å²) in [5.41, 5.74) is 0.700. The van der Waals surface area contributed by atoms with Crippen molar-refractivity contribution in [2.45, 2.75) is 25.1 Å². The van der Waals surface area contributed by atoms with Crippen LogP contribution in [0.3, 0.4) is 0 Å². The summed E-state index contributed by atoms with van der Waals surface area (Å²) < 4.78 is 0. The molecular formula is C14H19N3O3S. The van der Waals surface area contributed by atoms with Gasteiger partial charge in [0.1, 0.15) is 5.56 Å². The van der Waals surface area contributed by atoms with Crippen LogP contribution in [0.4, 0.5) is 11.4 Å². The molecule has 0 aliphatic carbocycles. The average Bonchev–Trinajstić information content (AvgIpc) is 2.48. The van der Waals surface area contributed by atoms with Crippen LogP contribution in [-0.2, 0) is 0 Å². The summed E-state index contributed by atoms with van der Waals surface area (Å²) in [4.78, 5) is 25.1. The maximum absolute atomic E-state index is 12.7. The van der Waals surface area contributed by atoms with Crippen LogP contribution >= 0.6 is 11.8 Å². The maximum atomic E-state index is 12.7. The molecule has 1 heterocycles. The molecule has 0 spiro atoms. The summed E-state index contributed by atoms with van der Waals surface area (Å²) in [6.45, 7) is 4.69. The van der Waals surface area contributed by atoms with Gasteiger partial charge < -0.3 is 10.2 Å². The monoisotopic (exact) mass is 309 g/mol. The fourth-order valence-corrected chi connectivity index (χ4v) is 3.50. The SMILES string of the molecule is CNc1ccc([N+](=O)[O-])c(C(=O)N2CCSC(C)C2C)c1. The van der Waals surface area contributed by atoms with Crippen LogP contribution in [0.1, 0.15) is 24.2 Å². The second-order valence-electron chi connectivity index (χ2n) is 5.05. The first kappa shape index (κ1) is 15.6. The van der Waals surface area contributed by atoms with E-state index in [4.69, 9.17) is 0 Å². The molecule has 0 saturated carbocycles. The Morgan fingerprint density at radius 3 is 2.81 bits per heavy atom. The highest BCUT2D eigenvalue weighted by molar-refractivity contribution is 8.00. The lowest BCUT2D eigenvalue weighted by molar-refractivity contribution is -0.385. The van der Waals surface area contributed by atoms with Gasteiger partial charge in [-0.15, -0.1) is 0 Å². The van der Waals surface area contributed by atoms with E-state index in [0.717, 1.165) is 5.75 Å². The van der Waals surface area contributed by atoms with Crippen LogP contribution in [0.5, 0.6) is 0 Å². The van der Waals surface area contributed by atoms with Gasteiger partial charge in [0.15, 0.2) is 0 Å². The second-order valence-corrected chi connectivity index (χ2v) is 6.54. The van der Waals surface area contributed by atoms with E-state index in [9.17, 15) is 14.9 Å². The van der Waals surface area contributed by atoms with Crippen molar-refractivity contribution in [3.63, 3.8) is 0 Å². The summed E-state index contributed by atoms with van der Waals surface area (Å²) >= 11 is 1.82. The lowest BCUT2D eigenvalue weighted by Gasteiger charge is -2.37. The smallest absolute Gasteiger partial charge is 0.282 e. The molecule has 6 nitrogen and oxygen atoms in total. The number of rotatable bonds is 3. The Morgan fingerprint density at radius 2 is 2.19 bits per heavy atom. The Bertz CT molecular complexity index is 564. The zero-order valence-corrected chi connectivity index (χ0v) is 13.1. The molecule has 1 aliphatic heterocycles. The highest BCUT2D eigenvalue weighted by atomic mass is 32.2. The first-order valence-electron chi connectivity index (χ1n) is 6.84. The summed E-state index contributed by atoms with van der Waals surface area (Å²) in [7, 11) is 1.72. The third-order valence-electron chi connectivity index (χ3n) is 3.86. The van der Waals surface area contributed by atoms with Gasteiger partial charge in [-0.1, -0.05) is 6.92 Å². The molecule has 1 N–H and O–H groups in total. The van der Waals surface area contributed by atoms with Gasteiger partial charge in [0.25, 0.3) is 11.6 Å². The van der Waals surface area contributed by atoms with Crippen LogP contribution in [0, 0.1) is 10.1 Å². The van der Waals surface area contributed by atoms with E-state index in [0.29, 0.717) is 17.5 Å². The average molecular weight is 309 g/mol. The molecule has 2 rings (SSSR count). The molecule has 2 unspecified atom stereocenters. The van der Waals surface area contributed by atoms with Crippen LogP contribution in [-0.4, -0.2) is 46.4 Å². The predicted molar refractivity (Wildman–Crippen MR) is 85.1 cm³/mol. The molecule has 114 valence electrons.